The highest BCUT2D eigenvalue weighted by molar-refractivity contribution is 7.91. The molecule has 2 rings (SSSR count). The first-order valence-electron chi connectivity index (χ1n) is 8.55. The summed E-state index contributed by atoms with van der Waals surface area (Å²) in [5.74, 6) is 0. The molecule has 32 heavy (non-hydrogen) atoms. The molecule has 3 radical (unpaired) electrons. The summed E-state index contributed by atoms with van der Waals surface area (Å²) in [7, 11) is -3.94. The molecule has 0 bridgehead atoms. The highest BCUT2D eigenvalue weighted by atomic mass is 32.2. The molecule has 1 N–H and O–H groups in total. The van der Waals surface area contributed by atoms with Crippen LogP contribution in [0.3, 0.4) is 0 Å². The molecule has 0 saturated carbocycles. The third-order valence-electron chi connectivity index (χ3n) is 4.26. The van der Waals surface area contributed by atoms with E-state index in [4.69, 9.17) is 4.78 Å². The van der Waals surface area contributed by atoms with Gasteiger partial charge in [-0.3, -0.25) is 19.0 Å². The first kappa shape index (κ1) is 30.0. The number of hydrogen-bond donors (Lipinski definition) is 1. The van der Waals surface area contributed by atoms with Crippen molar-refractivity contribution in [3.05, 3.63) is 59.2 Å². The van der Waals surface area contributed by atoms with Crippen LogP contribution in [0, 0.1) is 4.78 Å². The minimum atomic E-state index is -4.48. The lowest BCUT2D eigenvalue weighted by molar-refractivity contribution is -0.142. The van der Waals surface area contributed by atoms with Crippen molar-refractivity contribution in [3.8, 4) is 0 Å². The molecule has 0 spiro atoms. The van der Waals surface area contributed by atoms with Crippen LogP contribution in [0.25, 0.3) is 0 Å². The van der Waals surface area contributed by atoms with Gasteiger partial charge in [0.2, 0.25) is 0 Å². The Kier molecular flexibility index (Phi) is 10.6. The highest BCUT2D eigenvalue weighted by Gasteiger charge is 2.33. The normalized spacial score (nSPS) is 16.4. The molecule has 0 aliphatic heterocycles. The van der Waals surface area contributed by atoms with Crippen LogP contribution in [0.15, 0.2) is 36.7 Å². The average Bonchev–Trinajstić information content (AvgIpc) is 2.65. The molecule has 14 heteroatoms. The van der Waals surface area contributed by atoms with Crippen LogP contribution in [0.1, 0.15) is 46.9 Å². The summed E-state index contributed by atoms with van der Waals surface area (Å²) < 4.78 is 103. The van der Waals surface area contributed by atoms with Gasteiger partial charge in [0.15, 0.2) is 0 Å². The third-order valence-corrected chi connectivity index (χ3v) is 7.15. The Bertz CT molecular complexity index is 995. The topological polar surface area (TPSA) is 83.8 Å². The van der Waals surface area contributed by atoms with Crippen molar-refractivity contribution >= 4 is 28.9 Å². The SMILES string of the molecule is CC(c1ccc(C(F)(F)F)nc1)S(C)(=N)=O.CC(c1ccc(C(F)(F)F)nc1)S(C)=O.[B]. The van der Waals surface area contributed by atoms with Crippen LogP contribution in [-0.4, -0.2) is 39.3 Å². The zero-order valence-electron chi connectivity index (χ0n) is 17.5. The smallest absolute Gasteiger partial charge is 0.259 e. The van der Waals surface area contributed by atoms with Gasteiger partial charge < -0.3 is 0 Å². The van der Waals surface area contributed by atoms with Gasteiger partial charge in [-0.1, -0.05) is 12.1 Å². The fourth-order valence-corrected chi connectivity index (χ4v) is 3.26. The van der Waals surface area contributed by atoms with Crippen molar-refractivity contribution in [2.45, 2.75) is 36.7 Å². The number of alkyl halides is 6. The summed E-state index contributed by atoms with van der Waals surface area (Å²) >= 11 is 0. The Balaban J connectivity index is 0.000000584. The molecule has 0 aliphatic rings. The average molecular weight is 500 g/mol. The summed E-state index contributed by atoms with van der Waals surface area (Å²) in [5.41, 5.74) is -1.00. The van der Waals surface area contributed by atoms with Crippen molar-refractivity contribution < 1.29 is 34.8 Å². The van der Waals surface area contributed by atoms with Crippen LogP contribution in [0.5, 0.6) is 0 Å². The molecule has 0 aliphatic carbocycles. The lowest BCUT2D eigenvalue weighted by atomic mass is 10.2. The molecule has 0 aromatic carbocycles. The number of rotatable bonds is 4. The van der Waals surface area contributed by atoms with E-state index >= 15 is 0 Å². The van der Waals surface area contributed by atoms with Crippen LogP contribution in [-0.2, 0) is 32.9 Å². The number of nitrogens with zero attached hydrogens (tertiary/aromatic N) is 2. The van der Waals surface area contributed by atoms with Gasteiger partial charge in [-0.2, -0.15) is 26.3 Å². The quantitative estimate of drug-likeness (QED) is 0.474. The van der Waals surface area contributed by atoms with E-state index in [9.17, 15) is 34.8 Å². The fraction of sp³-hybridized carbons (Fsp3) is 0.444. The highest BCUT2D eigenvalue weighted by Crippen LogP contribution is 2.29. The molecule has 4 atom stereocenters. The van der Waals surface area contributed by atoms with Crippen molar-refractivity contribution in [3.63, 3.8) is 0 Å². The second kappa shape index (κ2) is 11.3. The number of nitrogens with one attached hydrogen (secondary N) is 1. The lowest BCUT2D eigenvalue weighted by Gasteiger charge is -2.12. The van der Waals surface area contributed by atoms with E-state index in [0.717, 1.165) is 24.5 Å². The summed E-state index contributed by atoms with van der Waals surface area (Å²) in [6.45, 7) is 3.21. The molecular weight excluding hydrogens is 479 g/mol. The molecular formula is C18H21BF6N3O2S2. The van der Waals surface area contributed by atoms with Crippen molar-refractivity contribution in [1.29, 1.82) is 4.78 Å². The minimum absolute atomic E-state index is 0. The molecule has 4 unspecified atom stereocenters. The van der Waals surface area contributed by atoms with Gasteiger partial charge in [-0.15, -0.1) is 0 Å². The standard InChI is InChI=1S/C9H11F3N2OS.C9H10F3NOS.B/c1-6(16(2,13)15)7-3-4-8(14-5-7)9(10,11)12;1-6(15(2)14)7-3-4-8(13-5-7)9(10,11)12;/h3-6,13H,1-2H3;3-6H,1-2H3;. The molecule has 5 nitrogen and oxygen atoms in total. The van der Waals surface area contributed by atoms with E-state index in [2.05, 4.69) is 9.97 Å². The first-order chi connectivity index (χ1) is 13.9. The molecule has 0 saturated heterocycles. The monoisotopic (exact) mass is 500 g/mol. The van der Waals surface area contributed by atoms with Gasteiger partial charge in [0.1, 0.15) is 11.4 Å². The molecule has 0 amide bonds. The van der Waals surface area contributed by atoms with Crippen LogP contribution >= 0.6 is 0 Å². The maximum Gasteiger partial charge on any atom is 0.433 e. The van der Waals surface area contributed by atoms with E-state index in [-0.39, 0.29) is 13.7 Å². The van der Waals surface area contributed by atoms with E-state index in [0.29, 0.717) is 11.1 Å². The first-order valence-corrected chi connectivity index (χ1v) is 12.2. The van der Waals surface area contributed by atoms with Gasteiger partial charge >= 0.3 is 12.4 Å². The number of pyridine rings is 2. The molecule has 2 heterocycles. The summed E-state index contributed by atoms with van der Waals surface area (Å²) in [5, 5.41) is -0.943. The van der Waals surface area contributed by atoms with Crippen LogP contribution < -0.4 is 0 Å². The predicted octanol–water partition coefficient (Wildman–Crippen LogP) is 5.00. The van der Waals surface area contributed by atoms with Gasteiger partial charge in [0.25, 0.3) is 0 Å². The van der Waals surface area contributed by atoms with Gasteiger partial charge in [-0.25, -0.2) is 4.21 Å². The Morgan fingerprint density at radius 1 is 0.906 bits per heavy atom. The van der Waals surface area contributed by atoms with E-state index in [1.165, 1.54) is 31.6 Å². The van der Waals surface area contributed by atoms with Crippen molar-refractivity contribution in [1.82, 2.24) is 9.97 Å². The molecule has 177 valence electrons. The molecule has 2 aromatic rings. The summed E-state index contributed by atoms with van der Waals surface area (Å²) in [6, 6.07) is 4.25. The Labute approximate surface area is 187 Å². The maximum atomic E-state index is 12.2. The second-order valence-electron chi connectivity index (χ2n) is 6.64. The minimum Gasteiger partial charge on any atom is -0.259 e. The summed E-state index contributed by atoms with van der Waals surface area (Å²) in [4.78, 5) is 6.54. The van der Waals surface area contributed by atoms with Crippen LogP contribution in [0.2, 0.25) is 0 Å². The zero-order chi connectivity index (χ0) is 24.2. The van der Waals surface area contributed by atoms with Gasteiger partial charge in [-0.05, 0) is 37.1 Å². The number of halogens is 6. The van der Waals surface area contributed by atoms with E-state index < -0.39 is 49.5 Å². The Morgan fingerprint density at radius 3 is 1.53 bits per heavy atom. The number of hydrogen-bond acceptors (Lipinski definition) is 5. The largest absolute Gasteiger partial charge is 0.433 e. The third kappa shape index (κ3) is 8.89. The van der Waals surface area contributed by atoms with Crippen molar-refractivity contribution in [2.24, 2.45) is 0 Å². The maximum absolute atomic E-state index is 12.2. The van der Waals surface area contributed by atoms with Crippen LogP contribution in [0.4, 0.5) is 26.3 Å². The van der Waals surface area contributed by atoms with Crippen molar-refractivity contribution in [2.75, 3.05) is 12.5 Å². The fourth-order valence-electron chi connectivity index (χ4n) is 2.08. The summed E-state index contributed by atoms with van der Waals surface area (Å²) in [6.07, 6.45) is -4.01. The second-order valence-corrected chi connectivity index (χ2v) is 10.9. The number of aromatic nitrogens is 2. The van der Waals surface area contributed by atoms with Gasteiger partial charge in [0.05, 0.1) is 10.5 Å². The molecule has 2 aromatic heterocycles. The predicted molar refractivity (Wildman–Crippen MR) is 112 cm³/mol. The Morgan fingerprint density at radius 2 is 1.28 bits per heavy atom. The Hall–Kier alpha value is -1.96. The lowest BCUT2D eigenvalue weighted by Crippen LogP contribution is -2.10. The molecule has 0 fully saturated rings. The van der Waals surface area contributed by atoms with E-state index in [1.54, 1.807) is 6.92 Å². The zero-order valence-corrected chi connectivity index (χ0v) is 19.1. The van der Waals surface area contributed by atoms with E-state index in [1.807, 2.05) is 0 Å². The van der Waals surface area contributed by atoms with Gasteiger partial charge in [0, 0.05) is 53.8 Å².